The Kier molecular flexibility index (Phi) is 9.83. The van der Waals surface area contributed by atoms with E-state index in [1.54, 1.807) is 20.4 Å². The number of hydrogen-bond acceptors (Lipinski definition) is 11. The lowest BCUT2D eigenvalue weighted by Crippen LogP contribution is -2.22. The van der Waals surface area contributed by atoms with Gasteiger partial charge in [-0.1, -0.05) is 35.9 Å². The van der Waals surface area contributed by atoms with E-state index in [0.29, 0.717) is 17.9 Å². The molecule has 0 aliphatic carbocycles. The van der Waals surface area contributed by atoms with Gasteiger partial charge in [-0.05, 0) is 36.8 Å². The summed E-state index contributed by atoms with van der Waals surface area (Å²) in [6.07, 6.45) is 2.92. The predicted molar refractivity (Wildman–Crippen MR) is 171 cm³/mol. The summed E-state index contributed by atoms with van der Waals surface area (Å²) in [5, 5.41) is 21.5. The van der Waals surface area contributed by atoms with Gasteiger partial charge in [0.05, 0.1) is 35.6 Å². The van der Waals surface area contributed by atoms with E-state index in [4.69, 9.17) is 27.4 Å². The van der Waals surface area contributed by atoms with Crippen LogP contribution in [0.4, 0.5) is 13.2 Å². The van der Waals surface area contributed by atoms with Crippen LogP contribution in [0, 0.1) is 6.92 Å². The number of thiophene rings is 1. The highest BCUT2D eigenvalue weighted by Crippen LogP contribution is 2.52. The number of ether oxygens (including phenoxy) is 2. The quantitative estimate of drug-likeness (QED) is 0.124. The Labute approximate surface area is 274 Å². The number of rotatable bonds is 7. The first-order valence-corrected chi connectivity index (χ1v) is 16.4. The van der Waals surface area contributed by atoms with Crippen LogP contribution in [0.3, 0.4) is 0 Å². The fraction of sp³-hybridized carbons (Fsp3) is 0.161. The minimum Gasteiger partial charge on any atom is -0.741 e. The van der Waals surface area contributed by atoms with Crippen molar-refractivity contribution in [1.82, 2.24) is 30.7 Å². The molecular formula is C31H25F3N6O6S2. The molecular weight excluding hydrogens is 674 g/mol. The molecule has 1 atom stereocenters. The number of carbonyl (C=O) groups is 1. The number of methoxy groups -OCH3 is 2. The number of alkyl halides is 3. The summed E-state index contributed by atoms with van der Waals surface area (Å²) in [7, 11) is -3.25. The number of nitrogens with zero attached hydrogens (tertiary/aromatic N) is 5. The third-order valence-corrected chi connectivity index (χ3v) is 9.75. The number of halogens is 3. The average molecular weight is 699 g/mol. The lowest BCUT2D eigenvalue weighted by Gasteiger charge is -2.08. The van der Waals surface area contributed by atoms with Crippen LogP contribution in [-0.2, 0) is 16.7 Å². The summed E-state index contributed by atoms with van der Waals surface area (Å²) in [5.74, 6) is 1.75. The molecule has 0 saturated carbocycles. The smallest absolute Gasteiger partial charge is 0.485 e. The number of aryl methyl sites for hydroxylation is 1. The Hall–Kier alpha value is -5.26. The van der Waals surface area contributed by atoms with Crippen molar-refractivity contribution in [3.05, 3.63) is 95.9 Å². The van der Waals surface area contributed by atoms with Crippen molar-refractivity contribution >= 4 is 46.7 Å². The largest absolute Gasteiger partial charge is 0.741 e. The fourth-order valence-electron chi connectivity index (χ4n) is 4.63. The Morgan fingerprint density at radius 3 is 2.21 bits per heavy atom. The molecule has 0 aliphatic heterocycles. The number of carbonyl (C=O) groups excluding carboxylic acids is 1. The van der Waals surface area contributed by atoms with Crippen LogP contribution >= 0.6 is 10.5 Å². The maximum atomic E-state index is 12.9. The first-order valence-electron chi connectivity index (χ1n) is 13.8. The van der Waals surface area contributed by atoms with Crippen molar-refractivity contribution in [2.45, 2.75) is 19.0 Å². The molecule has 1 amide bonds. The zero-order valence-electron chi connectivity index (χ0n) is 25.3. The third-order valence-electron chi connectivity index (χ3n) is 6.90. The van der Waals surface area contributed by atoms with Gasteiger partial charge in [-0.25, -0.2) is 13.4 Å². The van der Waals surface area contributed by atoms with Gasteiger partial charge in [-0.3, -0.25) is 4.79 Å². The van der Waals surface area contributed by atoms with E-state index in [0.717, 1.165) is 43.1 Å². The summed E-state index contributed by atoms with van der Waals surface area (Å²) in [6.45, 7) is 2.46. The van der Waals surface area contributed by atoms with Crippen LogP contribution in [0.1, 0.15) is 21.5 Å². The lowest BCUT2D eigenvalue weighted by molar-refractivity contribution is -0.0517. The van der Waals surface area contributed by atoms with E-state index < -0.39 is 26.1 Å². The number of pyridine rings is 1. The zero-order chi connectivity index (χ0) is 34.6. The molecule has 0 aliphatic rings. The van der Waals surface area contributed by atoms with Gasteiger partial charge in [0.2, 0.25) is 10.5 Å². The predicted octanol–water partition coefficient (Wildman–Crippen LogP) is 5.68. The molecule has 6 aromatic rings. The molecule has 0 fully saturated rings. The van der Waals surface area contributed by atoms with Crippen LogP contribution in [0.25, 0.3) is 36.6 Å². The van der Waals surface area contributed by atoms with Gasteiger partial charge < -0.3 is 19.3 Å². The second-order valence-corrected chi connectivity index (χ2v) is 13.3. The van der Waals surface area contributed by atoms with Gasteiger partial charge in [0.1, 0.15) is 5.75 Å². The van der Waals surface area contributed by atoms with E-state index in [-0.39, 0.29) is 5.91 Å². The number of nitrogens with one attached hydrogen (secondary N) is 1. The molecule has 6 rings (SSSR count). The topological polar surface area (TPSA) is 169 Å². The average Bonchev–Trinajstić information content (AvgIpc) is 3.40. The first-order chi connectivity index (χ1) is 22.8. The third kappa shape index (κ3) is 7.32. The molecule has 3 aromatic carbocycles. The number of hydrogen-bond donors (Lipinski definition) is 1. The maximum Gasteiger partial charge on any atom is 0.485 e. The normalized spacial score (nSPS) is 11.9. The second kappa shape index (κ2) is 13.8. The molecule has 248 valence electrons. The van der Waals surface area contributed by atoms with Crippen LogP contribution < -0.4 is 14.8 Å². The van der Waals surface area contributed by atoms with Gasteiger partial charge >= 0.3 is 5.51 Å². The molecule has 0 bridgehead atoms. The number of aromatic nitrogens is 5. The molecule has 3 heterocycles. The Bertz CT molecular complexity index is 2200. The Morgan fingerprint density at radius 1 is 0.938 bits per heavy atom. The molecule has 0 spiro atoms. The highest BCUT2D eigenvalue weighted by Gasteiger charge is 2.37. The van der Waals surface area contributed by atoms with E-state index in [2.05, 4.69) is 56.9 Å². The van der Waals surface area contributed by atoms with Crippen LogP contribution in [-0.4, -0.2) is 64.0 Å². The van der Waals surface area contributed by atoms with Crippen molar-refractivity contribution in [3.8, 4) is 27.9 Å². The number of amides is 1. The van der Waals surface area contributed by atoms with Gasteiger partial charge in [0, 0.05) is 35.8 Å². The standard InChI is InChI=1S/C30H24N6O3S.CHF3O3S/c1-18-4-10-26-23(12-18)24-13-22(38-2)14-25(39-3)28(24)40(26)27-11-9-21(16-31-27)30(37)32-15-19-5-7-20(8-6-19)29-35-33-17-34-36-29;2-1(3,4)8(5,6)7/h4-14,16-17H,15H2,1-3H3;(H,5,6,7). The minimum atomic E-state index is -6.09. The maximum absolute atomic E-state index is 12.9. The monoisotopic (exact) mass is 698 g/mol. The number of fused-ring (bicyclic) bond motifs is 3. The highest BCUT2D eigenvalue weighted by molar-refractivity contribution is 7.86. The molecule has 0 radical (unpaired) electrons. The summed E-state index contributed by atoms with van der Waals surface area (Å²) < 4.78 is 72.5. The highest BCUT2D eigenvalue weighted by atomic mass is 32.2. The van der Waals surface area contributed by atoms with E-state index in [1.165, 1.54) is 16.6 Å². The zero-order valence-corrected chi connectivity index (χ0v) is 27.0. The number of benzene rings is 3. The van der Waals surface area contributed by atoms with Crippen LogP contribution in [0.2, 0.25) is 0 Å². The summed E-state index contributed by atoms with van der Waals surface area (Å²) in [5.41, 5.74) is -2.24. The summed E-state index contributed by atoms with van der Waals surface area (Å²) in [4.78, 5) is 17.7. The van der Waals surface area contributed by atoms with E-state index in [9.17, 15) is 18.0 Å². The van der Waals surface area contributed by atoms with Gasteiger partial charge in [0.15, 0.2) is 26.9 Å². The van der Waals surface area contributed by atoms with Crippen LogP contribution in [0.15, 0.2) is 79.3 Å². The second-order valence-electron chi connectivity index (χ2n) is 10.0. The Balaban J connectivity index is 0.000000503. The van der Waals surface area contributed by atoms with Crippen molar-refractivity contribution in [2.24, 2.45) is 0 Å². The van der Waals surface area contributed by atoms with Crippen LogP contribution in [0.5, 0.6) is 11.5 Å². The van der Waals surface area contributed by atoms with E-state index in [1.807, 2.05) is 42.5 Å². The molecule has 1 N–H and O–H groups in total. The Morgan fingerprint density at radius 2 is 1.62 bits per heavy atom. The van der Waals surface area contributed by atoms with Gasteiger partial charge in [-0.2, -0.15) is 13.2 Å². The van der Waals surface area contributed by atoms with Gasteiger partial charge in [-0.15, -0.1) is 20.4 Å². The molecule has 17 heteroatoms. The molecule has 1 unspecified atom stereocenters. The summed E-state index contributed by atoms with van der Waals surface area (Å²) in [6, 6.07) is 21.7. The SMILES string of the molecule is COc1cc(OC)c2c(c1)c1cc(C)ccc1[s+]2-c1ccc(C(=O)NCc2ccc(-c3nncnn3)cc2)cn1.O=S(=O)([O-])C(F)(F)F. The van der Waals surface area contributed by atoms with E-state index >= 15 is 0 Å². The fourth-order valence-corrected chi connectivity index (χ4v) is 6.97. The molecule has 3 aromatic heterocycles. The molecule has 0 saturated heterocycles. The summed E-state index contributed by atoms with van der Waals surface area (Å²) >= 11 is 0. The minimum absolute atomic E-state index is 0.198. The van der Waals surface area contributed by atoms with Crippen molar-refractivity contribution in [2.75, 3.05) is 14.2 Å². The van der Waals surface area contributed by atoms with Crippen molar-refractivity contribution < 1.29 is 40.4 Å². The molecule has 48 heavy (non-hydrogen) atoms. The van der Waals surface area contributed by atoms with Gasteiger partial charge in [0.25, 0.3) is 10.9 Å². The van der Waals surface area contributed by atoms with Crippen molar-refractivity contribution in [3.63, 3.8) is 0 Å². The lowest BCUT2D eigenvalue weighted by atomic mass is 10.1. The first kappa shape index (κ1) is 34.1. The van der Waals surface area contributed by atoms with Crippen molar-refractivity contribution in [1.29, 1.82) is 0 Å². The molecule has 12 nitrogen and oxygen atoms in total.